The summed E-state index contributed by atoms with van der Waals surface area (Å²) < 4.78 is 7.43. The number of aromatic nitrogens is 2. The molecule has 7 nitrogen and oxygen atoms in total. The summed E-state index contributed by atoms with van der Waals surface area (Å²) in [6.45, 7) is 2.84. The largest absolute Gasteiger partial charge is 0.493 e. The topological polar surface area (TPSA) is 67.7 Å². The van der Waals surface area contributed by atoms with Gasteiger partial charge in [-0.2, -0.15) is 0 Å². The summed E-state index contributed by atoms with van der Waals surface area (Å²) >= 11 is 0. The molecule has 3 aliphatic heterocycles. The molecule has 1 aromatic heterocycles. The molecule has 2 amide bonds. The van der Waals surface area contributed by atoms with E-state index in [0.29, 0.717) is 31.2 Å². The van der Waals surface area contributed by atoms with Crippen LogP contribution in [0.3, 0.4) is 0 Å². The summed E-state index contributed by atoms with van der Waals surface area (Å²) in [6, 6.07) is 6.00. The van der Waals surface area contributed by atoms with Crippen LogP contribution in [0, 0.1) is 5.92 Å². The number of likely N-dealkylation sites (tertiary alicyclic amines) is 2. The Morgan fingerprint density at radius 1 is 1.21 bits per heavy atom. The zero-order valence-electron chi connectivity index (χ0n) is 16.0. The molecule has 2 saturated heterocycles. The molecule has 7 heteroatoms. The zero-order chi connectivity index (χ0) is 19.3. The lowest BCUT2D eigenvalue weighted by Crippen LogP contribution is -2.65. The average Bonchev–Trinajstić information content (AvgIpc) is 3.14. The van der Waals surface area contributed by atoms with Gasteiger partial charge in [-0.05, 0) is 43.0 Å². The lowest BCUT2D eigenvalue weighted by molar-refractivity contribution is -0.0229. The zero-order valence-corrected chi connectivity index (χ0v) is 16.0. The van der Waals surface area contributed by atoms with Crippen molar-refractivity contribution < 1.29 is 14.3 Å². The normalized spacial score (nSPS) is 23.3. The second-order valence-electron chi connectivity index (χ2n) is 8.02. The summed E-state index contributed by atoms with van der Waals surface area (Å²) in [5, 5.41) is 0. The number of amides is 2. The Kier molecular flexibility index (Phi) is 4.10. The molecule has 2 aromatic rings. The molecule has 0 bridgehead atoms. The number of nitrogens with zero attached hydrogens (tertiary/aromatic N) is 4. The number of benzene rings is 1. The molecule has 5 rings (SSSR count). The lowest BCUT2D eigenvalue weighted by atomic mass is 9.82. The van der Waals surface area contributed by atoms with Crippen molar-refractivity contribution in [2.24, 2.45) is 13.0 Å². The highest BCUT2D eigenvalue weighted by molar-refractivity contribution is 5.95. The summed E-state index contributed by atoms with van der Waals surface area (Å²) in [4.78, 5) is 33.6. The van der Waals surface area contributed by atoms with Gasteiger partial charge in [0.2, 0.25) is 0 Å². The number of carbonyl (C=O) groups is 2. The van der Waals surface area contributed by atoms with Crippen LogP contribution in [0.1, 0.15) is 39.3 Å². The molecule has 0 aliphatic carbocycles. The average molecular weight is 380 g/mol. The molecular weight excluding hydrogens is 356 g/mol. The van der Waals surface area contributed by atoms with Crippen LogP contribution in [0.25, 0.3) is 0 Å². The van der Waals surface area contributed by atoms with E-state index in [1.165, 1.54) is 0 Å². The SMILES string of the molecule is Cn1cnc(C(=O)N2C[C@@H]3CN(C(=O)c4ccc5c(c4)CCCO5)CC[C@@H]32)c1. The van der Waals surface area contributed by atoms with Gasteiger partial charge in [0.15, 0.2) is 0 Å². The molecule has 0 spiro atoms. The molecule has 1 aromatic carbocycles. The third-order valence-electron chi connectivity index (χ3n) is 6.15. The van der Waals surface area contributed by atoms with Crippen molar-refractivity contribution in [3.63, 3.8) is 0 Å². The van der Waals surface area contributed by atoms with Crippen molar-refractivity contribution in [3.05, 3.63) is 47.5 Å². The maximum Gasteiger partial charge on any atom is 0.274 e. The molecule has 4 heterocycles. The molecular formula is C21H24N4O3. The minimum atomic E-state index is -0.00341. The Morgan fingerprint density at radius 2 is 2.11 bits per heavy atom. The third kappa shape index (κ3) is 2.85. The van der Waals surface area contributed by atoms with Gasteiger partial charge in [-0.3, -0.25) is 9.59 Å². The number of hydrogen-bond acceptors (Lipinski definition) is 4. The molecule has 28 heavy (non-hydrogen) atoms. The van der Waals surface area contributed by atoms with Crippen molar-refractivity contribution in [1.82, 2.24) is 19.4 Å². The van der Waals surface area contributed by atoms with Crippen molar-refractivity contribution >= 4 is 11.8 Å². The molecule has 2 atom stereocenters. The molecule has 0 N–H and O–H groups in total. The van der Waals surface area contributed by atoms with E-state index in [4.69, 9.17) is 4.74 Å². The fraction of sp³-hybridized carbons (Fsp3) is 0.476. The maximum atomic E-state index is 13.0. The Bertz CT molecular complexity index is 937. The minimum Gasteiger partial charge on any atom is -0.493 e. The molecule has 0 unspecified atom stereocenters. The Labute approximate surface area is 163 Å². The van der Waals surface area contributed by atoms with Crippen LogP contribution in [0.4, 0.5) is 0 Å². The van der Waals surface area contributed by atoms with E-state index < -0.39 is 0 Å². The number of piperidine rings is 1. The second kappa shape index (κ2) is 6.65. The first-order valence-corrected chi connectivity index (χ1v) is 9.94. The quantitative estimate of drug-likeness (QED) is 0.796. The van der Waals surface area contributed by atoms with E-state index in [-0.39, 0.29) is 17.9 Å². The number of aryl methyl sites for hydroxylation is 2. The minimum absolute atomic E-state index is 0.00341. The van der Waals surface area contributed by atoms with E-state index in [2.05, 4.69) is 4.98 Å². The van der Waals surface area contributed by atoms with Crippen molar-refractivity contribution in [1.29, 1.82) is 0 Å². The summed E-state index contributed by atoms with van der Waals surface area (Å²) in [5.41, 5.74) is 2.36. The standard InChI is InChI=1S/C21H24N4O3/c1-23-12-17(22-13-23)21(27)25-11-16-10-24(7-6-18(16)25)20(26)15-4-5-19-14(9-15)3-2-8-28-19/h4-5,9,12-13,16,18H,2-3,6-8,10-11H2,1H3/t16-,18-/m0/s1. The van der Waals surface area contributed by atoms with Crippen LogP contribution in [0.2, 0.25) is 0 Å². The van der Waals surface area contributed by atoms with Crippen molar-refractivity contribution in [3.8, 4) is 5.75 Å². The van der Waals surface area contributed by atoms with Crippen LogP contribution >= 0.6 is 0 Å². The van der Waals surface area contributed by atoms with Gasteiger partial charge < -0.3 is 19.1 Å². The van der Waals surface area contributed by atoms with E-state index in [9.17, 15) is 9.59 Å². The van der Waals surface area contributed by atoms with Gasteiger partial charge in [0, 0.05) is 50.4 Å². The van der Waals surface area contributed by atoms with Gasteiger partial charge >= 0.3 is 0 Å². The van der Waals surface area contributed by atoms with E-state index >= 15 is 0 Å². The van der Waals surface area contributed by atoms with Crippen molar-refractivity contribution in [2.45, 2.75) is 25.3 Å². The molecule has 2 fully saturated rings. The Balaban J connectivity index is 1.24. The first kappa shape index (κ1) is 17.3. The van der Waals surface area contributed by atoms with Crippen LogP contribution in [0.15, 0.2) is 30.7 Å². The molecule has 0 radical (unpaired) electrons. The number of carbonyl (C=O) groups excluding carboxylic acids is 2. The van der Waals surface area contributed by atoms with Gasteiger partial charge in [-0.25, -0.2) is 4.98 Å². The fourth-order valence-corrected chi connectivity index (χ4v) is 4.62. The van der Waals surface area contributed by atoms with Crippen LogP contribution < -0.4 is 4.74 Å². The third-order valence-corrected chi connectivity index (χ3v) is 6.15. The smallest absolute Gasteiger partial charge is 0.274 e. The van der Waals surface area contributed by atoms with Crippen molar-refractivity contribution in [2.75, 3.05) is 26.2 Å². The molecule has 3 aliphatic rings. The first-order chi connectivity index (χ1) is 13.6. The van der Waals surface area contributed by atoms with Gasteiger partial charge in [0.25, 0.3) is 11.8 Å². The van der Waals surface area contributed by atoms with Crippen LogP contribution in [0.5, 0.6) is 5.75 Å². The number of ether oxygens (including phenoxy) is 1. The number of hydrogen-bond donors (Lipinski definition) is 0. The van der Waals surface area contributed by atoms with E-state index in [1.54, 1.807) is 17.1 Å². The predicted octanol–water partition coefficient (Wildman–Crippen LogP) is 1.73. The van der Waals surface area contributed by atoms with Crippen LogP contribution in [-0.2, 0) is 13.5 Å². The van der Waals surface area contributed by atoms with Gasteiger partial charge in [0.1, 0.15) is 11.4 Å². The van der Waals surface area contributed by atoms with Gasteiger partial charge in [-0.1, -0.05) is 0 Å². The summed E-state index contributed by atoms with van der Waals surface area (Å²) in [7, 11) is 1.86. The Morgan fingerprint density at radius 3 is 2.89 bits per heavy atom. The van der Waals surface area contributed by atoms with Gasteiger partial charge in [0.05, 0.1) is 12.9 Å². The van der Waals surface area contributed by atoms with Gasteiger partial charge in [-0.15, -0.1) is 0 Å². The summed E-state index contributed by atoms with van der Waals surface area (Å²) in [6.07, 6.45) is 6.19. The fourth-order valence-electron chi connectivity index (χ4n) is 4.62. The highest BCUT2D eigenvalue weighted by atomic mass is 16.5. The highest BCUT2D eigenvalue weighted by Gasteiger charge is 2.46. The predicted molar refractivity (Wildman–Crippen MR) is 102 cm³/mol. The number of fused-ring (bicyclic) bond motifs is 2. The second-order valence-corrected chi connectivity index (χ2v) is 8.02. The van der Waals surface area contributed by atoms with E-state index in [1.807, 2.05) is 35.0 Å². The number of rotatable bonds is 2. The number of imidazole rings is 1. The first-order valence-electron chi connectivity index (χ1n) is 9.94. The lowest BCUT2D eigenvalue weighted by Gasteiger charge is -2.53. The maximum absolute atomic E-state index is 13.0. The summed E-state index contributed by atoms with van der Waals surface area (Å²) in [5.74, 6) is 1.34. The highest BCUT2D eigenvalue weighted by Crippen LogP contribution is 2.34. The molecule has 146 valence electrons. The van der Waals surface area contributed by atoms with E-state index in [0.717, 1.165) is 42.7 Å². The monoisotopic (exact) mass is 380 g/mol. The Hall–Kier alpha value is -2.83. The van der Waals surface area contributed by atoms with Crippen LogP contribution in [-0.4, -0.2) is 63.4 Å². The molecule has 0 saturated carbocycles.